The Balaban J connectivity index is 1.91. The first kappa shape index (κ1) is 20.2. The van der Waals surface area contributed by atoms with Crippen LogP contribution in [0.4, 0.5) is 5.69 Å². The fraction of sp³-hybridized carbons (Fsp3) is 0.381. The van der Waals surface area contributed by atoms with E-state index in [0.717, 1.165) is 12.8 Å². The summed E-state index contributed by atoms with van der Waals surface area (Å²) in [6.45, 7) is 3.24. The Hall–Kier alpha value is -2.54. The van der Waals surface area contributed by atoms with Crippen molar-refractivity contribution in [2.75, 3.05) is 31.0 Å². The van der Waals surface area contributed by atoms with Gasteiger partial charge in [-0.15, -0.1) is 0 Å². The number of amides is 1. The molecule has 0 unspecified atom stereocenters. The van der Waals surface area contributed by atoms with Gasteiger partial charge in [0.15, 0.2) is 0 Å². The van der Waals surface area contributed by atoms with Crippen LogP contribution in [0, 0.1) is 5.92 Å². The molecule has 28 heavy (non-hydrogen) atoms. The van der Waals surface area contributed by atoms with Gasteiger partial charge in [0.25, 0.3) is 10.0 Å². The first-order valence-corrected chi connectivity index (χ1v) is 10.9. The fourth-order valence-corrected chi connectivity index (χ4v) is 4.84. The lowest BCUT2D eigenvalue weighted by Crippen LogP contribution is -2.46. The van der Waals surface area contributed by atoms with Crippen molar-refractivity contribution >= 4 is 21.6 Å². The van der Waals surface area contributed by atoms with Crippen LogP contribution in [0.2, 0.25) is 0 Å². The first-order chi connectivity index (χ1) is 13.4. The minimum Gasteiger partial charge on any atom is -0.497 e. The number of ether oxygens (including phenoxy) is 1. The molecule has 0 aromatic heterocycles. The van der Waals surface area contributed by atoms with Gasteiger partial charge in [0.05, 0.1) is 17.7 Å². The summed E-state index contributed by atoms with van der Waals surface area (Å²) < 4.78 is 33.0. The Morgan fingerprint density at radius 3 is 2.43 bits per heavy atom. The topological polar surface area (TPSA) is 66.9 Å². The van der Waals surface area contributed by atoms with E-state index in [1.54, 1.807) is 41.3 Å². The standard InChI is InChI=1S/C21H26N2O4S/c1-17-7-6-14-22(15-17)21(24)16-23(18-8-4-3-5-9-18)28(25,26)20-12-10-19(27-2)11-13-20/h3-5,8-13,17H,6-7,14-16H2,1-2H3/t17-/m1/s1. The molecule has 1 saturated heterocycles. The van der Waals surface area contributed by atoms with Crippen LogP contribution in [-0.4, -0.2) is 46.0 Å². The molecule has 1 fully saturated rings. The highest BCUT2D eigenvalue weighted by Gasteiger charge is 2.30. The number of hydrogen-bond donors (Lipinski definition) is 0. The Labute approximate surface area is 166 Å². The summed E-state index contributed by atoms with van der Waals surface area (Å²) in [5, 5.41) is 0. The van der Waals surface area contributed by atoms with Crippen molar-refractivity contribution in [3.05, 3.63) is 54.6 Å². The third-order valence-corrected chi connectivity index (χ3v) is 6.77. The molecular formula is C21H26N2O4S. The number of rotatable bonds is 6. The maximum atomic E-state index is 13.3. The van der Waals surface area contributed by atoms with E-state index in [-0.39, 0.29) is 17.3 Å². The second-order valence-corrected chi connectivity index (χ2v) is 8.97. The van der Waals surface area contributed by atoms with Crippen LogP contribution in [0.1, 0.15) is 19.8 Å². The van der Waals surface area contributed by atoms with Gasteiger partial charge in [-0.3, -0.25) is 9.10 Å². The Kier molecular flexibility index (Phi) is 6.24. The van der Waals surface area contributed by atoms with Gasteiger partial charge in [-0.1, -0.05) is 25.1 Å². The monoisotopic (exact) mass is 402 g/mol. The van der Waals surface area contributed by atoms with Crippen LogP contribution in [-0.2, 0) is 14.8 Å². The van der Waals surface area contributed by atoms with E-state index in [9.17, 15) is 13.2 Å². The lowest BCUT2D eigenvalue weighted by atomic mass is 10.0. The predicted molar refractivity (Wildman–Crippen MR) is 109 cm³/mol. The summed E-state index contributed by atoms with van der Waals surface area (Å²) in [6.07, 6.45) is 2.04. The van der Waals surface area contributed by atoms with Gasteiger partial charge in [-0.25, -0.2) is 8.42 Å². The lowest BCUT2D eigenvalue weighted by molar-refractivity contribution is -0.131. The maximum Gasteiger partial charge on any atom is 0.264 e. The third kappa shape index (κ3) is 4.47. The van der Waals surface area contributed by atoms with Crippen LogP contribution in [0.25, 0.3) is 0 Å². The van der Waals surface area contributed by atoms with Gasteiger partial charge in [0.2, 0.25) is 5.91 Å². The Morgan fingerprint density at radius 2 is 1.82 bits per heavy atom. The summed E-state index contributed by atoms with van der Waals surface area (Å²) in [7, 11) is -2.37. The summed E-state index contributed by atoms with van der Waals surface area (Å²) in [6, 6.07) is 14.9. The smallest absolute Gasteiger partial charge is 0.264 e. The van der Waals surface area contributed by atoms with Crippen molar-refractivity contribution in [1.82, 2.24) is 4.90 Å². The molecule has 0 saturated carbocycles. The van der Waals surface area contributed by atoms with E-state index in [1.165, 1.54) is 23.5 Å². The molecule has 1 amide bonds. The first-order valence-electron chi connectivity index (χ1n) is 9.41. The van der Waals surface area contributed by atoms with E-state index in [0.29, 0.717) is 30.4 Å². The Morgan fingerprint density at radius 1 is 1.14 bits per heavy atom. The van der Waals surface area contributed by atoms with E-state index >= 15 is 0 Å². The molecule has 1 atom stereocenters. The molecule has 2 aromatic rings. The van der Waals surface area contributed by atoms with Gasteiger partial charge in [-0.2, -0.15) is 0 Å². The molecule has 0 N–H and O–H groups in total. The number of hydrogen-bond acceptors (Lipinski definition) is 4. The number of methoxy groups -OCH3 is 1. The molecule has 150 valence electrons. The summed E-state index contributed by atoms with van der Waals surface area (Å²) >= 11 is 0. The van der Waals surface area contributed by atoms with Crippen molar-refractivity contribution in [2.24, 2.45) is 5.92 Å². The maximum absolute atomic E-state index is 13.3. The van der Waals surface area contributed by atoms with Crippen LogP contribution in [0.15, 0.2) is 59.5 Å². The third-order valence-electron chi connectivity index (χ3n) is 4.98. The highest BCUT2D eigenvalue weighted by molar-refractivity contribution is 7.92. The van der Waals surface area contributed by atoms with Crippen LogP contribution in [0.5, 0.6) is 5.75 Å². The lowest BCUT2D eigenvalue weighted by Gasteiger charge is -2.33. The van der Waals surface area contributed by atoms with E-state index in [2.05, 4.69) is 6.92 Å². The molecule has 1 heterocycles. The van der Waals surface area contributed by atoms with Crippen molar-refractivity contribution in [3.8, 4) is 5.75 Å². The number of benzene rings is 2. The molecule has 3 rings (SSSR count). The molecule has 0 bridgehead atoms. The van der Waals surface area contributed by atoms with Gasteiger partial charge in [0.1, 0.15) is 12.3 Å². The minimum atomic E-state index is -3.90. The molecule has 1 aliphatic rings. The van der Waals surface area contributed by atoms with E-state index in [1.807, 2.05) is 6.07 Å². The number of para-hydroxylation sites is 1. The fourth-order valence-electron chi connectivity index (χ4n) is 3.42. The van der Waals surface area contributed by atoms with E-state index < -0.39 is 10.0 Å². The molecule has 0 spiro atoms. The SMILES string of the molecule is COc1ccc(S(=O)(=O)N(CC(=O)N2CCC[C@@H](C)C2)c2ccccc2)cc1. The van der Waals surface area contributed by atoms with Crippen LogP contribution >= 0.6 is 0 Å². The number of anilines is 1. The molecular weight excluding hydrogens is 376 g/mol. The Bertz CT molecular complexity index is 898. The molecule has 0 radical (unpaired) electrons. The molecule has 2 aromatic carbocycles. The zero-order valence-electron chi connectivity index (χ0n) is 16.2. The van der Waals surface area contributed by atoms with Crippen molar-refractivity contribution in [1.29, 1.82) is 0 Å². The van der Waals surface area contributed by atoms with Gasteiger partial charge < -0.3 is 9.64 Å². The largest absolute Gasteiger partial charge is 0.497 e. The van der Waals surface area contributed by atoms with Gasteiger partial charge in [-0.05, 0) is 55.2 Å². The zero-order chi connectivity index (χ0) is 20.1. The van der Waals surface area contributed by atoms with Crippen molar-refractivity contribution < 1.29 is 17.9 Å². The normalized spacial score (nSPS) is 17.2. The van der Waals surface area contributed by atoms with Crippen LogP contribution < -0.4 is 9.04 Å². The molecule has 6 nitrogen and oxygen atoms in total. The minimum absolute atomic E-state index is 0.122. The molecule has 0 aliphatic carbocycles. The van der Waals surface area contributed by atoms with Gasteiger partial charge in [0, 0.05) is 13.1 Å². The number of carbonyl (C=O) groups excluding carboxylic acids is 1. The molecule has 7 heteroatoms. The zero-order valence-corrected chi connectivity index (χ0v) is 17.1. The highest BCUT2D eigenvalue weighted by atomic mass is 32.2. The number of likely N-dealkylation sites (tertiary alicyclic amines) is 1. The average Bonchev–Trinajstić information content (AvgIpc) is 2.72. The quantitative estimate of drug-likeness (QED) is 0.744. The predicted octanol–water partition coefficient (Wildman–Crippen LogP) is 3.15. The summed E-state index contributed by atoms with van der Waals surface area (Å²) in [4.78, 5) is 14.8. The summed E-state index contributed by atoms with van der Waals surface area (Å²) in [5.74, 6) is 0.831. The number of piperidine rings is 1. The number of sulfonamides is 1. The van der Waals surface area contributed by atoms with E-state index in [4.69, 9.17) is 4.74 Å². The summed E-state index contributed by atoms with van der Waals surface area (Å²) in [5.41, 5.74) is 0.469. The van der Waals surface area contributed by atoms with Crippen molar-refractivity contribution in [2.45, 2.75) is 24.7 Å². The highest BCUT2D eigenvalue weighted by Crippen LogP contribution is 2.25. The number of carbonyl (C=O) groups is 1. The molecule has 1 aliphatic heterocycles. The second-order valence-electron chi connectivity index (χ2n) is 7.11. The number of nitrogens with zero attached hydrogens (tertiary/aromatic N) is 2. The second kappa shape index (κ2) is 8.65. The van der Waals surface area contributed by atoms with Crippen LogP contribution in [0.3, 0.4) is 0 Å². The van der Waals surface area contributed by atoms with Gasteiger partial charge >= 0.3 is 0 Å². The van der Waals surface area contributed by atoms with Crippen molar-refractivity contribution in [3.63, 3.8) is 0 Å². The average molecular weight is 403 g/mol.